The van der Waals surface area contributed by atoms with Crippen molar-refractivity contribution in [3.63, 3.8) is 0 Å². The van der Waals surface area contributed by atoms with Gasteiger partial charge in [-0.15, -0.1) is 0 Å². The first-order chi connectivity index (χ1) is 9.20. The Kier molecular flexibility index (Phi) is 5.57. The topological polar surface area (TPSA) is 52.6 Å². The fraction of sp³-hybridized carbons (Fsp3) is 0.467. The van der Waals surface area contributed by atoms with E-state index in [-0.39, 0.29) is 19.0 Å². The van der Waals surface area contributed by atoms with Crippen LogP contribution in [0.5, 0.6) is 5.75 Å². The van der Waals surface area contributed by atoms with Crippen molar-refractivity contribution in [2.24, 2.45) is 5.41 Å². The molecule has 0 radical (unpaired) electrons. The van der Waals surface area contributed by atoms with E-state index in [0.29, 0.717) is 10.8 Å². The molecule has 0 unspecified atom stereocenters. The maximum Gasteiger partial charge on any atom is 0.344 e. The lowest BCUT2D eigenvalue weighted by atomic mass is 9.91. The highest BCUT2D eigenvalue weighted by molar-refractivity contribution is 6.30. The number of aryl methyl sites for hydroxylation is 1. The van der Waals surface area contributed by atoms with Crippen LogP contribution in [-0.4, -0.2) is 25.0 Å². The second-order valence-electron chi connectivity index (χ2n) is 5.53. The van der Waals surface area contributed by atoms with E-state index < -0.39 is 11.4 Å². The van der Waals surface area contributed by atoms with Crippen LogP contribution < -0.4 is 4.74 Å². The van der Waals surface area contributed by atoms with Crippen molar-refractivity contribution in [3.05, 3.63) is 28.8 Å². The number of esters is 1. The molecule has 1 rings (SSSR count). The molecule has 1 aromatic rings. The maximum absolute atomic E-state index is 11.6. The number of hydrogen-bond donors (Lipinski definition) is 0. The monoisotopic (exact) mass is 298 g/mol. The van der Waals surface area contributed by atoms with Gasteiger partial charge in [-0.25, -0.2) is 4.79 Å². The average Bonchev–Trinajstić information content (AvgIpc) is 2.33. The summed E-state index contributed by atoms with van der Waals surface area (Å²) in [4.78, 5) is 23.1. The molecule has 0 bridgehead atoms. The van der Waals surface area contributed by atoms with Crippen LogP contribution >= 0.6 is 11.6 Å². The minimum absolute atomic E-state index is 0.131. The Morgan fingerprint density at radius 1 is 1.20 bits per heavy atom. The number of Topliss-reactive ketones (excluding diaryl/α,β-unsaturated/α-hetero) is 1. The lowest BCUT2D eigenvalue weighted by Crippen LogP contribution is -2.27. The molecule has 0 N–H and O–H groups in total. The van der Waals surface area contributed by atoms with Crippen LogP contribution in [0.3, 0.4) is 0 Å². The zero-order valence-electron chi connectivity index (χ0n) is 12.2. The molecular weight excluding hydrogens is 280 g/mol. The van der Waals surface area contributed by atoms with E-state index in [4.69, 9.17) is 21.1 Å². The van der Waals surface area contributed by atoms with Crippen LogP contribution in [0.15, 0.2) is 18.2 Å². The number of benzene rings is 1. The van der Waals surface area contributed by atoms with E-state index in [1.165, 1.54) is 0 Å². The first kappa shape index (κ1) is 16.5. The molecule has 5 heteroatoms. The smallest absolute Gasteiger partial charge is 0.344 e. The van der Waals surface area contributed by atoms with Crippen molar-refractivity contribution in [1.29, 1.82) is 0 Å². The standard InChI is InChI=1S/C15H19ClO4/c1-10-7-11(16)5-6-12(10)19-9-14(18)20-8-13(17)15(2,3)4/h5-7H,8-9H2,1-4H3. The largest absolute Gasteiger partial charge is 0.482 e. The Morgan fingerprint density at radius 3 is 2.40 bits per heavy atom. The lowest BCUT2D eigenvalue weighted by molar-refractivity contribution is -0.151. The van der Waals surface area contributed by atoms with E-state index in [1.54, 1.807) is 39.0 Å². The van der Waals surface area contributed by atoms with E-state index in [9.17, 15) is 9.59 Å². The molecule has 0 atom stereocenters. The third-order valence-corrected chi connectivity index (χ3v) is 2.92. The Bertz CT molecular complexity index is 503. The van der Waals surface area contributed by atoms with Crippen LogP contribution in [0.2, 0.25) is 5.02 Å². The molecule has 0 heterocycles. The Morgan fingerprint density at radius 2 is 1.85 bits per heavy atom. The minimum Gasteiger partial charge on any atom is -0.482 e. The van der Waals surface area contributed by atoms with Gasteiger partial charge < -0.3 is 9.47 Å². The van der Waals surface area contributed by atoms with Crippen LogP contribution in [0, 0.1) is 12.3 Å². The van der Waals surface area contributed by atoms with Crippen molar-refractivity contribution in [1.82, 2.24) is 0 Å². The second kappa shape index (κ2) is 6.75. The van der Waals surface area contributed by atoms with Crippen LogP contribution in [-0.2, 0) is 14.3 Å². The zero-order valence-corrected chi connectivity index (χ0v) is 12.9. The van der Waals surface area contributed by atoms with Crippen LogP contribution in [0.1, 0.15) is 26.3 Å². The normalized spacial score (nSPS) is 11.1. The van der Waals surface area contributed by atoms with Gasteiger partial charge in [0.15, 0.2) is 19.0 Å². The average molecular weight is 299 g/mol. The van der Waals surface area contributed by atoms with Gasteiger partial charge in [-0.3, -0.25) is 4.79 Å². The summed E-state index contributed by atoms with van der Waals surface area (Å²) in [6, 6.07) is 5.11. The summed E-state index contributed by atoms with van der Waals surface area (Å²) in [5, 5.41) is 0.605. The van der Waals surface area contributed by atoms with Gasteiger partial charge in [0, 0.05) is 10.4 Å². The Hall–Kier alpha value is -1.55. The summed E-state index contributed by atoms with van der Waals surface area (Å²) < 4.78 is 10.2. The summed E-state index contributed by atoms with van der Waals surface area (Å²) in [7, 11) is 0. The molecule has 110 valence electrons. The molecule has 1 aromatic carbocycles. The molecule has 4 nitrogen and oxygen atoms in total. The molecule has 0 fully saturated rings. The molecule has 20 heavy (non-hydrogen) atoms. The second-order valence-corrected chi connectivity index (χ2v) is 5.97. The predicted molar refractivity (Wildman–Crippen MR) is 77.1 cm³/mol. The third kappa shape index (κ3) is 5.21. The van der Waals surface area contributed by atoms with Crippen LogP contribution in [0.25, 0.3) is 0 Å². The van der Waals surface area contributed by atoms with Gasteiger partial charge >= 0.3 is 5.97 Å². The van der Waals surface area contributed by atoms with Gasteiger partial charge in [-0.1, -0.05) is 32.4 Å². The SMILES string of the molecule is Cc1cc(Cl)ccc1OCC(=O)OCC(=O)C(C)(C)C. The molecule has 0 amide bonds. The van der Waals surface area contributed by atoms with Gasteiger partial charge in [0.25, 0.3) is 0 Å². The molecular formula is C15H19ClO4. The number of rotatable bonds is 5. The Labute approximate surface area is 124 Å². The third-order valence-electron chi connectivity index (χ3n) is 2.68. The molecule has 0 aliphatic rings. The van der Waals surface area contributed by atoms with Crippen molar-refractivity contribution >= 4 is 23.4 Å². The summed E-state index contributed by atoms with van der Waals surface area (Å²) >= 11 is 5.82. The highest BCUT2D eigenvalue weighted by atomic mass is 35.5. The van der Waals surface area contributed by atoms with Gasteiger partial charge in [-0.05, 0) is 30.7 Å². The predicted octanol–water partition coefficient (Wildman–Crippen LogP) is 3.19. The zero-order chi connectivity index (χ0) is 15.3. The van der Waals surface area contributed by atoms with E-state index in [0.717, 1.165) is 5.56 Å². The molecule has 0 saturated carbocycles. The number of halogens is 1. The first-order valence-corrected chi connectivity index (χ1v) is 6.66. The maximum atomic E-state index is 11.6. The van der Waals surface area contributed by atoms with Gasteiger partial charge in [0.05, 0.1) is 0 Å². The fourth-order valence-corrected chi connectivity index (χ4v) is 1.54. The number of carbonyl (C=O) groups excluding carboxylic acids is 2. The van der Waals surface area contributed by atoms with Crippen molar-refractivity contribution in [3.8, 4) is 5.75 Å². The fourth-order valence-electron chi connectivity index (χ4n) is 1.32. The Balaban J connectivity index is 2.42. The minimum atomic E-state index is -0.572. The van der Waals surface area contributed by atoms with E-state index in [1.807, 2.05) is 6.92 Å². The molecule has 0 aliphatic heterocycles. The number of ether oxygens (including phenoxy) is 2. The van der Waals surface area contributed by atoms with Crippen molar-refractivity contribution < 1.29 is 19.1 Å². The summed E-state index contributed by atoms with van der Waals surface area (Å²) in [5.74, 6) is -0.140. The summed E-state index contributed by atoms with van der Waals surface area (Å²) in [6.07, 6.45) is 0. The quantitative estimate of drug-likeness (QED) is 0.783. The first-order valence-electron chi connectivity index (χ1n) is 6.28. The molecule has 0 saturated heterocycles. The van der Waals surface area contributed by atoms with Gasteiger partial charge in [0.2, 0.25) is 0 Å². The summed E-state index contributed by atoms with van der Waals surface area (Å²) in [6.45, 7) is 6.69. The molecule has 0 spiro atoms. The number of ketones is 1. The van der Waals surface area contributed by atoms with Gasteiger partial charge in [0.1, 0.15) is 5.75 Å². The van der Waals surface area contributed by atoms with Crippen molar-refractivity contribution in [2.45, 2.75) is 27.7 Å². The van der Waals surface area contributed by atoms with Gasteiger partial charge in [-0.2, -0.15) is 0 Å². The van der Waals surface area contributed by atoms with E-state index >= 15 is 0 Å². The lowest BCUT2D eigenvalue weighted by Gasteiger charge is -2.16. The highest BCUT2D eigenvalue weighted by Crippen LogP contribution is 2.21. The van der Waals surface area contributed by atoms with E-state index in [2.05, 4.69) is 0 Å². The highest BCUT2D eigenvalue weighted by Gasteiger charge is 2.22. The van der Waals surface area contributed by atoms with Crippen molar-refractivity contribution in [2.75, 3.05) is 13.2 Å². The molecule has 0 aromatic heterocycles. The number of hydrogen-bond acceptors (Lipinski definition) is 4. The number of carbonyl (C=O) groups is 2. The van der Waals surface area contributed by atoms with Crippen LogP contribution in [0.4, 0.5) is 0 Å². The molecule has 0 aliphatic carbocycles. The summed E-state index contributed by atoms with van der Waals surface area (Å²) in [5.41, 5.74) is 0.310.